The molecular formula is C11H17NO. The van der Waals surface area contributed by atoms with Crippen LogP contribution in [0.25, 0.3) is 0 Å². The zero-order valence-electron chi connectivity index (χ0n) is 8.12. The normalized spacial score (nSPS) is 10.2. The highest BCUT2D eigenvalue weighted by Gasteiger charge is 1.90. The Hall–Kier alpha value is -0.860. The van der Waals surface area contributed by atoms with Gasteiger partial charge in [-0.3, -0.25) is 0 Å². The third-order valence-electron chi connectivity index (χ3n) is 1.78. The van der Waals surface area contributed by atoms with Crippen LogP contribution in [0.15, 0.2) is 30.3 Å². The van der Waals surface area contributed by atoms with Crippen LogP contribution < -0.4 is 5.32 Å². The van der Waals surface area contributed by atoms with Crippen molar-refractivity contribution in [1.82, 2.24) is 5.32 Å². The molecule has 0 radical (unpaired) electrons. The summed E-state index contributed by atoms with van der Waals surface area (Å²) in [6.45, 7) is 5.53. The van der Waals surface area contributed by atoms with Gasteiger partial charge in [0, 0.05) is 6.54 Å². The lowest BCUT2D eigenvalue weighted by Gasteiger charge is -2.04. The van der Waals surface area contributed by atoms with Crippen molar-refractivity contribution < 1.29 is 4.74 Å². The van der Waals surface area contributed by atoms with Gasteiger partial charge in [-0.15, -0.1) is 0 Å². The van der Waals surface area contributed by atoms with E-state index in [2.05, 4.69) is 24.4 Å². The Kier molecular flexibility index (Phi) is 5.22. The number of likely N-dealkylation sites (N-methyl/N-ethyl adjacent to an activating group) is 1. The van der Waals surface area contributed by atoms with Crippen LogP contribution in [0.5, 0.6) is 0 Å². The standard InChI is InChI=1S/C11H17NO/c1-2-12-8-9-13-10-11-6-4-3-5-7-11/h3-7,12H,2,8-10H2,1H3. The molecule has 0 aliphatic heterocycles. The third kappa shape index (κ3) is 4.65. The van der Waals surface area contributed by atoms with E-state index < -0.39 is 0 Å². The summed E-state index contributed by atoms with van der Waals surface area (Å²) in [7, 11) is 0. The number of ether oxygens (including phenoxy) is 1. The summed E-state index contributed by atoms with van der Waals surface area (Å²) in [5, 5.41) is 3.21. The Bertz CT molecular complexity index is 211. The molecular weight excluding hydrogens is 162 g/mol. The van der Waals surface area contributed by atoms with Gasteiger partial charge in [-0.2, -0.15) is 0 Å². The summed E-state index contributed by atoms with van der Waals surface area (Å²) in [5.41, 5.74) is 1.24. The molecule has 13 heavy (non-hydrogen) atoms. The number of benzene rings is 1. The molecule has 0 unspecified atom stereocenters. The molecule has 0 spiro atoms. The molecule has 0 aliphatic carbocycles. The molecule has 72 valence electrons. The number of rotatable bonds is 6. The fraction of sp³-hybridized carbons (Fsp3) is 0.455. The summed E-state index contributed by atoms with van der Waals surface area (Å²) < 4.78 is 5.46. The Labute approximate surface area is 79.9 Å². The van der Waals surface area contributed by atoms with Crippen molar-refractivity contribution in [2.75, 3.05) is 19.7 Å². The largest absolute Gasteiger partial charge is 0.375 e. The highest BCUT2D eigenvalue weighted by Crippen LogP contribution is 1.99. The maximum absolute atomic E-state index is 5.46. The van der Waals surface area contributed by atoms with Crippen LogP contribution in [0, 0.1) is 0 Å². The summed E-state index contributed by atoms with van der Waals surface area (Å²) in [5.74, 6) is 0. The second-order valence-corrected chi connectivity index (χ2v) is 2.89. The maximum Gasteiger partial charge on any atom is 0.0717 e. The molecule has 0 heterocycles. The second-order valence-electron chi connectivity index (χ2n) is 2.89. The van der Waals surface area contributed by atoms with Gasteiger partial charge in [0.25, 0.3) is 0 Å². The fourth-order valence-electron chi connectivity index (χ4n) is 1.09. The van der Waals surface area contributed by atoms with E-state index in [0.29, 0.717) is 6.61 Å². The molecule has 0 bridgehead atoms. The van der Waals surface area contributed by atoms with E-state index in [0.717, 1.165) is 19.7 Å². The third-order valence-corrected chi connectivity index (χ3v) is 1.78. The predicted octanol–water partition coefficient (Wildman–Crippen LogP) is 1.81. The Morgan fingerprint density at radius 1 is 1.23 bits per heavy atom. The lowest BCUT2D eigenvalue weighted by molar-refractivity contribution is 0.123. The molecule has 0 atom stereocenters. The average molecular weight is 179 g/mol. The Morgan fingerprint density at radius 3 is 2.69 bits per heavy atom. The first-order chi connectivity index (χ1) is 6.43. The van der Waals surface area contributed by atoms with Gasteiger partial charge >= 0.3 is 0 Å². The molecule has 0 aromatic heterocycles. The first-order valence-corrected chi connectivity index (χ1v) is 4.76. The number of hydrogen-bond donors (Lipinski definition) is 1. The van der Waals surface area contributed by atoms with E-state index in [4.69, 9.17) is 4.74 Å². The number of nitrogens with one attached hydrogen (secondary N) is 1. The predicted molar refractivity (Wildman–Crippen MR) is 54.6 cm³/mol. The molecule has 2 nitrogen and oxygen atoms in total. The minimum absolute atomic E-state index is 0.715. The zero-order valence-corrected chi connectivity index (χ0v) is 8.12. The van der Waals surface area contributed by atoms with Gasteiger partial charge in [-0.05, 0) is 12.1 Å². The van der Waals surface area contributed by atoms with Crippen molar-refractivity contribution >= 4 is 0 Å². The lowest BCUT2D eigenvalue weighted by atomic mass is 10.2. The van der Waals surface area contributed by atoms with Gasteiger partial charge in [0.1, 0.15) is 0 Å². The molecule has 1 aromatic rings. The topological polar surface area (TPSA) is 21.3 Å². The quantitative estimate of drug-likeness (QED) is 0.672. The minimum atomic E-state index is 0.715. The van der Waals surface area contributed by atoms with Crippen LogP contribution in [0.2, 0.25) is 0 Å². The molecule has 0 saturated heterocycles. The monoisotopic (exact) mass is 179 g/mol. The molecule has 0 fully saturated rings. The Morgan fingerprint density at radius 2 is 2.00 bits per heavy atom. The van der Waals surface area contributed by atoms with Crippen LogP contribution in [-0.2, 0) is 11.3 Å². The maximum atomic E-state index is 5.46. The van der Waals surface area contributed by atoms with Gasteiger partial charge < -0.3 is 10.1 Å². The van der Waals surface area contributed by atoms with Crippen LogP contribution >= 0.6 is 0 Å². The first kappa shape index (κ1) is 10.2. The van der Waals surface area contributed by atoms with Gasteiger partial charge in [-0.1, -0.05) is 37.3 Å². The van der Waals surface area contributed by atoms with E-state index in [9.17, 15) is 0 Å². The van der Waals surface area contributed by atoms with Crippen LogP contribution in [0.1, 0.15) is 12.5 Å². The van der Waals surface area contributed by atoms with Gasteiger partial charge in [0.05, 0.1) is 13.2 Å². The molecule has 1 rings (SSSR count). The molecule has 0 amide bonds. The van der Waals surface area contributed by atoms with Gasteiger partial charge in [-0.25, -0.2) is 0 Å². The molecule has 1 N–H and O–H groups in total. The van der Waals surface area contributed by atoms with Crippen molar-refractivity contribution in [3.05, 3.63) is 35.9 Å². The summed E-state index contributed by atoms with van der Waals surface area (Å²) in [6.07, 6.45) is 0. The summed E-state index contributed by atoms with van der Waals surface area (Å²) in [4.78, 5) is 0. The van der Waals surface area contributed by atoms with Crippen LogP contribution in [-0.4, -0.2) is 19.7 Å². The minimum Gasteiger partial charge on any atom is -0.375 e. The van der Waals surface area contributed by atoms with E-state index in [1.807, 2.05) is 18.2 Å². The molecule has 2 heteroatoms. The first-order valence-electron chi connectivity index (χ1n) is 4.76. The Balaban J connectivity index is 2.07. The van der Waals surface area contributed by atoms with Crippen LogP contribution in [0.3, 0.4) is 0 Å². The second kappa shape index (κ2) is 6.63. The van der Waals surface area contributed by atoms with E-state index in [1.54, 1.807) is 0 Å². The highest BCUT2D eigenvalue weighted by molar-refractivity contribution is 5.13. The highest BCUT2D eigenvalue weighted by atomic mass is 16.5. The summed E-state index contributed by atoms with van der Waals surface area (Å²) >= 11 is 0. The molecule has 0 saturated carbocycles. The molecule has 1 aromatic carbocycles. The number of hydrogen-bond acceptors (Lipinski definition) is 2. The van der Waals surface area contributed by atoms with Crippen molar-refractivity contribution in [3.63, 3.8) is 0 Å². The van der Waals surface area contributed by atoms with E-state index >= 15 is 0 Å². The van der Waals surface area contributed by atoms with Crippen molar-refractivity contribution in [1.29, 1.82) is 0 Å². The average Bonchev–Trinajstić information content (AvgIpc) is 2.19. The van der Waals surface area contributed by atoms with Crippen molar-refractivity contribution in [2.45, 2.75) is 13.5 Å². The van der Waals surface area contributed by atoms with Gasteiger partial charge in [0.2, 0.25) is 0 Å². The lowest BCUT2D eigenvalue weighted by Crippen LogP contribution is -2.18. The van der Waals surface area contributed by atoms with Crippen molar-refractivity contribution in [3.8, 4) is 0 Å². The fourth-order valence-corrected chi connectivity index (χ4v) is 1.09. The van der Waals surface area contributed by atoms with E-state index in [-0.39, 0.29) is 0 Å². The SMILES string of the molecule is CCNCCOCc1ccccc1. The zero-order chi connectivity index (χ0) is 9.36. The van der Waals surface area contributed by atoms with Crippen molar-refractivity contribution in [2.24, 2.45) is 0 Å². The van der Waals surface area contributed by atoms with Crippen LogP contribution in [0.4, 0.5) is 0 Å². The summed E-state index contributed by atoms with van der Waals surface area (Å²) in [6, 6.07) is 10.2. The molecule has 0 aliphatic rings. The smallest absolute Gasteiger partial charge is 0.0717 e. The van der Waals surface area contributed by atoms with Gasteiger partial charge in [0.15, 0.2) is 0 Å². The van der Waals surface area contributed by atoms with E-state index in [1.165, 1.54) is 5.56 Å².